The van der Waals surface area contributed by atoms with Crippen molar-refractivity contribution in [2.24, 2.45) is 56.2 Å². The molecule has 12 aliphatic rings. The predicted molar refractivity (Wildman–Crippen MR) is 350 cm³/mol. The number of ether oxygens (including phenoxy) is 13. The number of aliphatic hydroxyl groups excluding tert-OH is 20. The van der Waals surface area contributed by atoms with Gasteiger partial charge in [0.1, 0.15) is 153 Å². The maximum atomic E-state index is 15.4. The van der Waals surface area contributed by atoms with Crippen LogP contribution in [0.3, 0.4) is 0 Å². The highest BCUT2D eigenvalue weighted by Crippen LogP contribution is 2.77. The summed E-state index contributed by atoms with van der Waals surface area (Å²) in [6.45, 7) is 15.6. The minimum absolute atomic E-state index is 0.0700. The molecule has 4 saturated carbocycles. The van der Waals surface area contributed by atoms with Gasteiger partial charge in [0, 0.05) is 0 Å². The molecule has 0 bridgehead atoms. The molecule has 42 atom stereocenters. The fourth-order valence-corrected chi connectivity index (χ4v) is 21.0. The van der Waals surface area contributed by atoms with Crippen LogP contribution in [0.4, 0.5) is 0 Å². The van der Waals surface area contributed by atoms with E-state index in [9.17, 15) is 102 Å². The number of aliphatic hydroxyl groups is 20. The Hall–Kier alpha value is -2.07. The van der Waals surface area contributed by atoms with Gasteiger partial charge in [0.25, 0.3) is 0 Å². The van der Waals surface area contributed by atoms with Gasteiger partial charge in [-0.05, 0) is 129 Å². The Kier molecular flexibility index (Phi) is 24.3. The number of fused-ring (bicyclic) bond motifs is 7. The summed E-state index contributed by atoms with van der Waals surface area (Å²) < 4.78 is 77.4. The zero-order valence-electron chi connectivity index (χ0n) is 60.8. The van der Waals surface area contributed by atoms with Crippen molar-refractivity contribution < 1.29 is 169 Å². The Balaban J connectivity index is 0.711. The van der Waals surface area contributed by atoms with E-state index in [0.717, 1.165) is 19.3 Å². The second-order valence-electron chi connectivity index (χ2n) is 34.3. The fourth-order valence-electron chi connectivity index (χ4n) is 21.0. The molecule has 0 aromatic heterocycles. The second-order valence-corrected chi connectivity index (χ2v) is 34.3. The van der Waals surface area contributed by atoms with Gasteiger partial charge in [-0.15, -0.1) is 0 Å². The van der Waals surface area contributed by atoms with E-state index in [0.29, 0.717) is 44.9 Å². The van der Waals surface area contributed by atoms with Crippen molar-refractivity contribution in [2.45, 2.75) is 335 Å². The van der Waals surface area contributed by atoms with Crippen LogP contribution in [0.25, 0.3) is 0 Å². The topological polar surface area (TPSA) is 542 Å². The van der Waals surface area contributed by atoms with Crippen molar-refractivity contribution in [3.63, 3.8) is 0 Å². The Morgan fingerprint density at radius 2 is 0.952 bits per heavy atom. The summed E-state index contributed by atoms with van der Waals surface area (Å²) in [6.07, 6.45) is -47.4. The Morgan fingerprint density at radius 3 is 1.57 bits per heavy atom. The molecule has 5 aliphatic carbocycles. The maximum Gasteiger partial charge on any atom is 0.315 e. The first-order chi connectivity index (χ1) is 49.2. The largest absolute Gasteiger partial charge is 0.432 e. The van der Waals surface area contributed by atoms with E-state index in [1.54, 1.807) is 0 Å². The maximum absolute atomic E-state index is 15.4. The van der Waals surface area contributed by atoms with Gasteiger partial charge in [0.2, 0.25) is 6.29 Å². The zero-order chi connectivity index (χ0) is 76.6. The fraction of sp³-hybridized carbons (Fsp3) is 0.958. The molecule has 7 aliphatic heterocycles. The molecular weight excluding hydrogens is 1400 g/mol. The van der Waals surface area contributed by atoms with Crippen molar-refractivity contribution >= 4 is 5.97 Å². The molecule has 0 unspecified atom stereocenters. The third-order valence-electron chi connectivity index (χ3n) is 27.6. The van der Waals surface area contributed by atoms with Gasteiger partial charge < -0.3 is 164 Å². The standard InChI is InChI=1S/C71H116O34/c1-26-38(76)57(103-63-52(90)47(85)56(34(23-74)99-63)102-61-49(87)44(82)41(79)33(22-73)98-61)53(91)64(95-26)104-58-39(77)31(75)24-93-55(58)29-12-14-68(7)36(67(29,5)6)13-15-70(9)37(68)11-10-28-30-20-66(3,4)16-18-71(30,19-17-69(28,70)8)65(92)105-60-51(89)46(84)54(27(2)96-60)101-62-50(88)45(83)42(80)35(100-62)25-94-59-48(86)43(81)40(78)32(21-72)97-59/h10,26-27,29-64,72-91H,11-25H2,1-9H3/t26-,27-,29+,30-,31-,32+,33+,34+,35+,36-,37+,38-,39-,40+,41+,42+,43-,44-,45-,46-,47+,48+,49+,50+,51+,52+,53+,54-,55-,56+,57+,58+,59+,60-,61-,62-,63-,64-,68-,69+,70+,71-/m0/s1. The summed E-state index contributed by atoms with van der Waals surface area (Å²) in [5, 5.41) is 218. The molecule has 0 aromatic carbocycles. The molecule has 34 heteroatoms. The molecule has 0 spiro atoms. The van der Waals surface area contributed by atoms with E-state index in [1.165, 1.54) is 19.4 Å². The van der Waals surface area contributed by atoms with Gasteiger partial charge in [-0.2, -0.15) is 0 Å². The van der Waals surface area contributed by atoms with Crippen molar-refractivity contribution in [3.8, 4) is 0 Å². The summed E-state index contributed by atoms with van der Waals surface area (Å²) in [7, 11) is 0. The number of carbonyl (C=O) groups excluding carboxylic acids is 1. The Bertz CT molecular complexity index is 2980. The van der Waals surface area contributed by atoms with E-state index in [1.807, 2.05) is 0 Å². The van der Waals surface area contributed by atoms with Crippen molar-refractivity contribution in [1.82, 2.24) is 0 Å². The van der Waals surface area contributed by atoms with E-state index >= 15 is 4.79 Å². The number of allylic oxidation sites excluding steroid dienone is 2. The molecular formula is C71H116O34. The highest BCUT2D eigenvalue weighted by atomic mass is 16.8. The highest BCUT2D eigenvalue weighted by molar-refractivity contribution is 5.79. The minimum atomic E-state index is -2.03. The van der Waals surface area contributed by atoms with Crippen LogP contribution in [0.15, 0.2) is 11.6 Å². The number of esters is 1. The van der Waals surface area contributed by atoms with E-state index in [-0.39, 0.29) is 46.5 Å². The van der Waals surface area contributed by atoms with Crippen LogP contribution in [0.1, 0.15) is 127 Å². The lowest BCUT2D eigenvalue weighted by Crippen LogP contribution is -2.68. The summed E-state index contributed by atoms with van der Waals surface area (Å²) >= 11 is 0. The molecule has 12 rings (SSSR count). The summed E-state index contributed by atoms with van der Waals surface area (Å²) in [6, 6.07) is 0. The van der Waals surface area contributed by atoms with Crippen LogP contribution in [-0.2, 0) is 66.4 Å². The number of hydrogen-bond acceptors (Lipinski definition) is 34. The molecule has 34 nitrogen and oxygen atoms in total. The number of rotatable bonds is 17. The zero-order valence-corrected chi connectivity index (χ0v) is 60.8. The predicted octanol–water partition coefficient (Wildman–Crippen LogP) is -5.59. The first kappa shape index (κ1) is 82.4. The third kappa shape index (κ3) is 14.3. The van der Waals surface area contributed by atoms with Crippen molar-refractivity contribution in [1.29, 1.82) is 0 Å². The molecule has 11 fully saturated rings. The molecule has 7 heterocycles. The Labute approximate surface area is 608 Å². The van der Waals surface area contributed by atoms with Gasteiger partial charge in [0.15, 0.2) is 31.5 Å². The van der Waals surface area contributed by atoms with Gasteiger partial charge in [0.05, 0.1) is 56.8 Å². The summed E-state index contributed by atoms with van der Waals surface area (Å²) in [4.78, 5) is 15.4. The van der Waals surface area contributed by atoms with Crippen LogP contribution in [0.5, 0.6) is 0 Å². The molecule has 105 heavy (non-hydrogen) atoms. The smallest absolute Gasteiger partial charge is 0.315 e. The normalized spacial score (nSPS) is 55.0. The number of hydrogen-bond donors (Lipinski definition) is 20. The summed E-state index contributed by atoms with van der Waals surface area (Å²) in [5.41, 5.74) is -1.54. The van der Waals surface area contributed by atoms with E-state index in [2.05, 4.69) is 54.5 Å². The van der Waals surface area contributed by atoms with E-state index < -0.39 is 257 Å². The monoisotopic (exact) mass is 1510 g/mol. The average Bonchev–Trinajstić information content (AvgIpc) is 0.674. The van der Waals surface area contributed by atoms with Crippen LogP contribution in [-0.4, -0.2) is 350 Å². The number of carbonyl (C=O) groups is 1. The highest BCUT2D eigenvalue weighted by Gasteiger charge is 2.71. The van der Waals surface area contributed by atoms with Crippen LogP contribution in [0, 0.1) is 56.2 Å². The second kappa shape index (κ2) is 31.0. The van der Waals surface area contributed by atoms with Gasteiger partial charge >= 0.3 is 5.97 Å². The van der Waals surface area contributed by atoms with Gasteiger partial charge in [-0.3, -0.25) is 4.79 Å². The molecule has 0 radical (unpaired) electrons. The van der Waals surface area contributed by atoms with Gasteiger partial charge in [-0.25, -0.2) is 0 Å². The SMILES string of the molecule is C[C@@H]1O[C@@H](O[C@@H]2[C@@H](O)[C@@H](O)CO[C@H]2[C@H]2CC[C@]3(C)[C@H]4CC=C5[C@@H]6CC(C)(C)CC[C@]6(C(=O)O[C@@H]6O[C@@H](C)[C@H](O[C@@H]7O[C@H](CO[C@@H]8O[C@H](CO)[C@@H](O)[C@H](O)[C@H]8O)[C@@H](O)[C@H](O)[C@H]7O)[C@@H](O)[C@H]6O)CC[C@@]5(C)[C@]4(C)CC[C@H]3C2(C)C)[C@H](O)[C@H](O[C@@H]2O[C@H](CO)[C@@H](O[C@@H]3O[C@H](CO)[C@@H](O)[C@H](O)[C@H]3O)[C@H](O)[C@H]2O)[C@H]1O. The molecule has 7 saturated heterocycles. The average molecular weight is 1510 g/mol. The van der Waals surface area contributed by atoms with Gasteiger partial charge in [-0.1, -0.05) is 60.1 Å². The lowest BCUT2D eigenvalue weighted by Gasteiger charge is -2.72. The molecule has 604 valence electrons. The van der Waals surface area contributed by atoms with Crippen LogP contribution in [0.2, 0.25) is 0 Å². The van der Waals surface area contributed by atoms with Crippen LogP contribution >= 0.6 is 0 Å². The Morgan fingerprint density at radius 1 is 0.457 bits per heavy atom. The minimum Gasteiger partial charge on any atom is -0.432 e. The first-order valence-electron chi connectivity index (χ1n) is 37.3. The lowest BCUT2D eigenvalue weighted by atomic mass is 9.33. The first-order valence-corrected chi connectivity index (χ1v) is 37.3. The molecule has 0 amide bonds. The summed E-state index contributed by atoms with van der Waals surface area (Å²) in [5.74, 6) is -0.958. The quantitative estimate of drug-likeness (QED) is 0.0477. The van der Waals surface area contributed by atoms with Crippen LogP contribution < -0.4 is 0 Å². The van der Waals surface area contributed by atoms with Crippen molar-refractivity contribution in [3.05, 3.63) is 11.6 Å². The molecule has 20 N–H and O–H groups in total. The lowest BCUT2D eigenvalue weighted by molar-refractivity contribution is -0.384. The van der Waals surface area contributed by atoms with E-state index in [4.69, 9.17) is 61.6 Å². The third-order valence-corrected chi connectivity index (χ3v) is 27.6. The molecule has 0 aromatic rings. The van der Waals surface area contributed by atoms with Crippen molar-refractivity contribution in [2.75, 3.05) is 33.0 Å².